The maximum atomic E-state index is 9.38. The fourth-order valence-electron chi connectivity index (χ4n) is 2.01. The van der Waals surface area contributed by atoms with E-state index in [1.54, 1.807) is 6.20 Å². The first-order valence-corrected chi connectivity index (χ1v) is 8.57. The van der Waals surface area contributed by atoms with E-state index in [-0.39, 0.29) is 0 Å². The molecular formula is C18H12BrN3S. The highest BCUT2D eigenvalue weighted by atomic mass is 79.9. The highest BCUT2D eigenvalue weighted by molar-refractivity contribution is 9.10. The van der Waals surface area contributed by atoms with Gasteiger partial charge in [0.05, 0.1) is 5.69 Å². The quantitative estimate of drug-likeness (QED) is 0.602. The molecule has 1 heterocycles. The lowest BCUT2D eigenvalue weighted by atomic mass is 10.2. The third-order valence-corrected chi connectivity index (χ3v) is 4.50. The van der Waals surface area contributed by atoms with Gasteiger partial charge in [-0.1, -0.05) is 46.3 Å². The van der Waals surface area contributed by atoms with E-state index in [9.17, 15) is 5.26 Å². The molecule has 0 amide bonds. The highest BCUT2D eigenvalue weighted by Gasteiger charge is 2.09. The molecule has 3 aromatic rings. The number of halogens is 1. The van der Waals surface area contributed by atoms with Gasteiger partial charge in [0.1, 0.15) is 16.6 Å². The largest absolute Gasteiger partial charge is 0.360 e. The molecule has 0 atom stereocenters. The first-order chi connectivity index (χ1) is 11.3. The van der Waals surface area contributed by atoms with Crippen LogP contribution < -0.4 is 5.32 Å². The highest BCUT2D eigenvalue weighted by Crippen LogP contribution is 2.27. The second kappa shape index (κ2) is 7.23. The molecule has 1 aromatic heterocycles. The summed E-state index contributed by atoms with van der Waals surface area (Å²) in [7, 11) is 0. The fraction of sp³-hybridized carbons (Fsp3) is 0. The van der Waals surface area contributed by atoms with Crippen molar-refractivity contribution in [1.82, 2.24) is 4.98 Å². The van der Waals surface area contributed by atoms with E-state index in [0.717, 1.165) is 21.4 Å². The number of aromatic nitrogens is 1. The minimum Gasteiger partial charge on any atom is -0.360 e. The van der Waals surface area contributed by atoms with Gasteiger partial charge in [-0.15, -0.1) is 11.3 Å². The maximum Gasteiger partial charge on any atom is 0.136 e. The third kappa shape index (κ3) is 3.86. The summed E-state index contributed by atoms with van der Waals surface area (Å²) in [5.41, 5.74) is 3.34. The molecule has 112 valence electrons. The SMILES string of the molecule is N#C/C(=C\Nc1ccccc1)c1nc(-c2cccc(Br)c2)cs1. The predicted octanol–water partition coefficient (Wildman–Crippen LogP) is 5.55. The number of hydrogen-bond donors (Lipinski definition) is 1. The van der Waals surface area contributed by atoms with Gasteiger partial charge in [0.25, 0.3) is 0 Å². The van der Waals surface area contributed by atoms with Crippen molar-refractivity contribution >= 4 is 38.5 Å². The standard InChI is InChI=1S/C18H12BrN3S/c19-15-6-4-5-13(9-15)17-12-23-18(22-17)14(10-20)11-21-16-7-2-1-3-8-16/h1-9,11-12,21H/b14-11+. The number of nitrogens with one attached hydrogen (secondary N) is 1. The van der Waals surface area contributed by atoms with E-state index in [1.165, 1.54) is 11.3 Å². The fourth-order valence-corrected chi connectivity index (χ4v) is 3.20. The summed E-state index contributed by atoms with van der Waals surface area (Å²) in [5, 5.41) is 15.2. The van der Waals surface area contributed by atoms with Crippen LogP contribution in [-0.2, 0) is 0 Å². The van der Waals surface area contributed by atoms with E-state index in [4.69, 9.17) is 0 Å². The molecule has 0 aliphatic carbocycles. The van der Waals surface area contributed by atoms with Crippen LogP contribution in [0.2, 0.25) is 0 Å². The monoisotopic (exact) mass is 381 g/mol. The molecule has 3 rings (SSSR count). The van der Waals surface area contributed by atoms with Crippen molar-refractivity contribution in [3.05, 3.63) is 75.7 Å². The van der Waals surface area contributed by atoms with Crippen molar-refractivity contribution in [1.29, 1.82) is 5.26 Å². The molecule has 0 fully saturated rings. The summed E-state index contributed by atoms with van der Waals surface area (Å²) >= 11 is 4.92. The van der Waals surface area contributed by atoms with Gasteiger partial charge in [-0.25, -0.2) is 4.98 Å². The van der Waals surface area contributed by atoms with Gasteiger partial charge in [0.2, 0.25) is 0 Å². The molecule has 0 unspecified atom stereocenters. The summed E-state index contributed by atoms with van der Waals surface area (Å²) in [4.78, 5) is 4.57. The van der Waals surface area contributed by atoms with Crippen molar-refractivity contribution in [2.75, 3.05) is 5.32 Å². The zero-order valence-corrected chi connectivity index (χ0v) is 14.4. The van der Waals surface area contributed by atoms with Gasteiger partial charge < -0.3 is 5.32 Å². The molecular weight excluding hydrogens is 370 g/mol. The van der Waals surface area contributed by atoms with Gasteiger partial charge >= 0.3 is 0 Å². The average Bonchev–Trinajstić information content (AvgIpc) is 3.06. The molecule has 0 radical (unpaired) electrons. The Morgan fingerprint density at radius 1 is 1.17 bits per heavy atom. The van der Waals surface area contributed by atoms with Crippen molar-refractivity contribution in [2.45, 2.75) is 0 Å². The Kier molecular flexibility index (Phi) is 4.86. The van der Waals surface area contributed by atoms with Crippen LogP contribution >= 0.6 is 27.3 Å². The maximum absolute atomic E-state index is 9.38. The molecule has 0 saturated carbocycles. The van der Waals surface area contributed by atoms with Crippen LogP contribution in [0.15, 0.2) is 70.7 Å². The van der Waals surface area contributed by atoms with E-state index < -0.39 is 0 Å². The molecule has 0 aliphatic rings. The Morgan fingerprint density at radius 3 is 2.74 bits per heavy atom. The zero-order valence-electron chi connectivity index (χ0n) is 12.0. The predicted molar refractivity (Wildman–Crippen MR) is 98.9 cm³/mol. The van der Waals surface area contributed by atoms with Crippen LogP contribution in [0.4, 0.5) is 5.69 Å². The van der Waals surface area contributed by atoms with Crippen LogP contribution in [-0.4, -0.2) is 4.98 Å². The minimum atomic E-state index is 0.514. The van der Waals surface area contributed by atoms with Crippen molar-refractivity contribution in [3.63, 3.8) is 0 Å². The van der Waals surface area contributed by atoms with E-state index in [0.29, 0.717) is 10.6 Å². The van der Waals surface area contributed by atoms with Crippen LogP contribution in [0.25, 0.3) is 16.8 Å². The second-order valence-electron chi connectivity index (χ2n) is 4.73. The number of hydrogen-bond acceptors (Lipinski definition) is 4. The first-order valence-electron chi connectivity index (χ1n) is 6.90. The summed E-state index contributed by atoms with van der Waals surface area (Å²) in [5.74, 6) is 0. The first kappa shape index (κ1) is 15.5. The van der Waals surface area contributed by atoms with E-state index >= 15 is 0 Å². The summed E-state index contributed by atoms with van der Waals surface area (Å²) < 4.78 is 1.01. The van der Waals surface area contributed by atoms with E-state index in [2.05, 4.69) is 32.3 Å². The van der Waals surface area contributed by atoms with Crippen molar-refractivity contribution in [3.8, 4) is 17.3 Å². The van der Waals surface area contributed by atoms with Gasteiger partial charge in [-0.05, 0) is 24.3 Å². The summed E-state index contributed by atoms with van der Waals surface area (Å²) in [6.07, 6.45) is 1.69. The smallest absolute Gasteiger partial charge is 0.136 e. The van der Waals surface area contributed by atoms with Crippen LogP contribution in [0.3, 0.4) is 0 Å². The molecule has 0 bridgehead atoms. The van der Waals surface area contributed by atoms with Gasteiger partial charge in [-0.2, -0.15) is 5.26 Å². The average molecular weight is 382 g/mol. The van der Waals surface area contributed by atoms with Gasteiger partial charge in [-0.3, -0.25) is 0 Å². The van der Waals surface area contributed by atoms with Crippen molar-refractivity contribution in [2.24, 2.45) is 0 Å². The normalized spacial score (nSPS) is 11.0. The van der Waals surface area contributed by atoms with Crippen LogP contribution in [0, 0.1) is 11.3 Å². The Labute approximate surface area is 147 Å². The topological polar surface area (TPSA) is 48.7 Å². The Morgan fingerprint density at radius 2 is 2.00 bits per heavy atom. The molecule has 5 heteroatoms. The van der Waals surface area contributed by atoms with Crippen molar-refractivity contribution < 1.29 is 0 Å². The second-order valence-corrected chi connectivity index (χ2v) is 6.50. The molecule has 0 aliphatic heterocycles. The lowest BCUT2D eigenvalue weighted by molar-refractivity contribution is 1.36. The molecule has 23 heavy (non-hydrogen) atoms. The van der Waals surface area contributed by atoms with E-state index in [1.807, 2.05) is 60.0 Å². The molecule has 0 spiro atoms. The Bertz CT molecular complexity index is 879. The number of anilines is 1. The van der Waals surface area contributed by atoms with Crippen LogP contribution in [0.1, 0.15) is 5.01 Å². The number of benzene rings is 2. The lowest BCUT2D eigenvalue weighted by Crippen LogP contribution is -1.90. The number of nitrogens with zero attached hydrogens (tertiary/aromatic N) is 2. The Hall–Kier alpha value is -2.42. The summed E-state index contributed by atoms with van der Waals surface area (Å²) in [6, 6.07) is 19.9. The number of nitriles is 1. The number of para-hydroxylation sites is 1. The number of allylic oxidation sites excluding steroid dienone is 1. The molecule has 3 nitrogen and oxygen atoms in total. The minimum absolute atomic E-state index is 0.514. The zero-order chi connectivity index (χ0) is 16.1. The number of thiazole rings is 1. The lowest BCUT2D eigenvalue weighted by Gasteiger charge is -2.00. The molecule has 0 saturated heterocycles. The van der Waals surface area contributed by atoms with Gasteiger partial charge in [0.15, 0.2) is 0 Å². The van der Waals surface area contributed by atoms with Crippen LogP contribution in [0.5, 0.6) is 0 Å². The Balaban J connectivity index is 1.84. The number of rotatable bonds is 4. The van der Waals surface area contributed by atoms with Gasteiger partial charge in [0, 0.05) is 27.3 Å². The molecule has 1 N–H and O–H groups in total. The third-order valence-electron chi connectivity index (χ3n) is 3.13. The molecule has 2 aromatic carbocycles. The summed E-state index contributed by atoms with van der Waals surface area (Å²) in [6.45, 7) is 0.